The first kappa shape index (κ1) is 84.8. The number of unbranched alkanes of at least 4 members (excludes halogenated alkanes) is 24. The first-order chi connectivity index (χ1) is 42.3. The Kier molecular flexibility index (Phi) is 61.6. The molecule has 0 saturated heterocycles. The van der Waals surface area contributed by atoms with Gasteiger partial charge in [0.2, 0.25) is 0 Å². The van der Waals surface area contributed by atoms with Gasteiger partial charge in [0.1, 0.15) is 12.2 Å². The lowest BCUT2D eigenvalue weighted by molar-refractivity contribution is -0.0459. The largest absolute Gasteiger partial charge is 0.394 e. The molecule has 1 aliphatic rings. The van der Waals surface area contributed by atoms with Gasteiger partial charge in [-0.05, 0) is 91.3 Å². The van der Waals surface area contributed by atoms with Crippen molar-refractivity contribution in [3.63, 3.8) is 0 Å². The number of hydrogen-bond acceptors (Lipinski definition) is 6. The smallest absolute Gasteiger partial charge is 0.104 e. The molecule has 1 rings (SSSR count). The van der Waals surface area contributed by atoms with E-state index in [0.29, 0.717) is 25.0 Å². The number of rotatable bonds is 70. The van der Waals surface area contributed by atoms with Gasteiger partial charge in [-0.1, -0.05) is 365 Å². The van der Waals surface area contributed by atoms with Crippen LogP contribution in [0.3, 0.4) is 0 Å². The van der Waals surface area contributed by atoms with Crippen molar-refractivity contribution in [2.24, 2.45) is 59.2 Å². The molecule has 2 unspecified atom stereocenters. The Bertz CT molecular complexity index is 1240. The van der Waals surface area contributed by atoms with Crippen molar-refractivity contribution < 1.29 is 29.2 Å². The highest BCUT2D eigenvalue weighted by Crippen LogP contribution is 2.37. The third-order valence-electron chi connectivity index (χ3n) is 20.9. The third-order valence-corrected chi connectivity index (χ3v) is 20.9. The minimum Gasteiger partial charge on any atom is -0.394 e. The molecule has 87 heavy (non-hydrogen) atoms. The molecular formula is C81H162O6. The lowest BCUT2D eigenvalue weighted by Gasteiger charge is -2.18. The summed E-state index contributed by atoms with van der Waals surface area (Å²) in [6, 6.07) is 0. The van der Waals surface area contributed by atoms with Crippen molar-refractivity contribution in [3.8, 4) is 0 Å². The predicted octanol–water partition coefficient (Wildman–Crippen LogP) is 25.0. The van der Waals surface area contributed by atoms with E-state index in [1.807, 2.05) is 0 Å². The fourth-order valence-electron chi connectivity index (χ4n) is 14.3. The summed E-state index contributed by atoms with van der Waals surface area (Å²) in [5, 5.41) is 19.7. The second-order valence-electron chi connectivity index (χ2n) is 31.4. The summed E-state index contributed by atoms with van der Waals surface area (Å²) in [5.41, 5.74) is 0. The fourth-order valence-corrected chi connectivity index (χ4v) is 14.3. The fraction of sp³-hybridized carbons (Fsp3) is 1.00. The molecule has 0 spiro atoms. The van der Waals surface area contributed by atoms with Crippen molar-refractivity contribution in [3.05, 3.63) is 0 Å². The Labute approximate surface area is 547 Å². The van der Waals surface area contributed by atoms with Crippen LogP contribution in [-0.2, 0) is 18.9 Å². The quantitative estimate of drug-likeness (QED) is 0.0591. The summed E-state index contributed by atoms with van der Waals surface area (Å²) < 4.78 is 23.9. The van der Waals surface area contributed by atoms with Gasteiger partial charge in [0.25, 0.3) is 0 Å². The highest BCUT2D eigenvalue weighted by molar-refractivity contribution is 4.76. The summed E-state index contributed by atoms with van der Waals surface area (Å²) in [7, 11) is 0. The van der Waals surface area contributed by atoms with Crippen LogP contribution in [0.15, 0.2) is 0 Å². The van der Waals surface area contributed by atoms with E-state index in [2.05, 4.69) is 69.2 Å². The van der Waals surface area contributed by atoms with Crippen LogP contribution in [0.25, 0.3) is 0 Å². The molecule has 1 aliphatic carbocycles. The maximum absolute atomic E-state index is 9.84. The van der Waals surface area contributed by atoms with E-state index in [0.717, 1.165) is 99.5 Å². The zero-order valence-electron chi connectivity index (χ0n) is 61.2. The lowest BCUT2D eigenvalue weighted by atomic mass is 9.91. The van der Waals surface area contributed by atoms with Crippen molar-refractivity contribution >= 4 is 0 Å². The molecule has 0 aliphatic heterocycles. The summed E-state index contributed by atoms with van der Waals surface area (Å²) in [6.45, 7) is 28.1. The van der Waals surface area contributed by atoms with E-state index < -0.39 is 0 Å². The summed E-state index contributed by atoms with van der Waals surface area (Å²) >= 11 is 0. The summed E-state index contributed by atoms with van der Waals surface area (Å²) in [6.07, 6.45) is 70.2. The molecule has 0 heterocycles. The second-order valence-corrected chi connectivity index (χ2v) is 31.4. The topological polar surface area (TPSA) is 77.4 Å². The van der Waals surface area contributed by atoms with Crippen LogP contribution < -0.4 is 0 Å². The van der Waals surface area contributed by atoms with Gasteiger partial charge in [0.05, 0.1) is 26.4 Å². The number of aliphatic hydroxyl groups is 2. The van der Waals surface area contributed by atoms with Crippen LogP contribution in [-0.4, -0.2) is 75.3 Å². The van der Waals surface area contributed by atoms with Gasteiger partial charge in [0.15, 0.2) is 0 Å². The normalized spacial score (nSPS) is 17.6. The van der Waals surface area contributed by atoms with Crippen molar-refractivity contribution in [2.75, 3.05) is 52.9 Å². The Balaban J connectivity index is 1.81. The molecule has 1 fully saturated rings. The average molecular weight is 1230 g/mol. The highest BCUT2D eigenvalue weighted by Gasteiger charge is 2.24. The lowest BCUT2D eigenvalue weighted by Crippen LogP contribution is -2.25. The minimum atomic E-state index is -0.180. The third kappa shape index (κ3) is 59.3. The molecule has 10 atom stereocenters. The van der Waals surface area contributed by atoms with Gasteiger partial charge in [-0.25, -0.2) is 0 Å². The molecule has 2 N–H and O–H groups in total. The average Bonchev–Trinajstić information content (AvgIpc) is 4.23. The molecule has 0 aromatic carbocycles. The van der Waals surface area contributed by atoms with Crippen molar-refractivity contribution in [2.45, 2.75) is 409 Å². The minimum absolute atomic E-state index is 0.0528. The van der Waals surface area contributed by atoms with E-state index in [9.17, 15) is 10.2 Å². The zero-order chi connectivity index (χ0) is 63.5. The van der Waals surface area contributed by atoms with Crippen LogP contribution in [0, 0.1) is 59.2 Å². The van der Waals surface area contributed by atoms with E-state index in [1.54, 1.807) is 6.42 Å². The molecule has 522 valence electrons. The maximum Gasteiger partial charge on any atom is 0.104 e. The van der Waals surface area contributed by atoms with Crippen LogP contribution in [0.1, 0.15) is 397 Å². The van der Waals surface area contributed by atoms with Gasteiger partial charge >= 0.3 is 0 Å². The van der Waals surface area contributed by atoms with Crippen molar-refractivity contribution in [1.82, 2.24) is 0 Å². The highest BCUT2D eigenvalue weighted by atomic mass is 16.5. The monoisotopic (exact) mass is 1230 g/mol. The van der Waals surface area contributed by atoms with Gasteiger partial charge < -0.3 is 29.2 Å². The zero-order valence-corrected chi connectivity index (χ0v) is 61.2. The Morgan fingerprint density at radius 1 is 0.264 bits per heavy atom. The molecule has 0 aromatic heterocycles. The Hall–Kier alpha value is -0.240. The van der Waals surface area contributed by atoms with Gasteiger partial charge in [-0.3, -0.25) is 0 Å². The van der Waals surface area contributed by atoms with E-state index in [1.165, 1.54) is 295 Å². The van der Waals surface area contributed by atoms with Crippen LogP contribution >= 0.6 is 0 Å². The summed E-state index contributed by atoms with van der Waals surface area (Å²) in [4.78, 5) is 0. The number of aliphatic hydroxyl groups excluding tert-OH is 2. The first-order valence-corrected chi connectivity index (χ1v) is 39.9. The molecule has 6 heteroatoms. The van der Waals surface area contributed by atoms with Crippen molar-refractivity contribution in [1.29, 1.82) is 0 Å². The number of hydrogen-bond donors (Lipinski definition) is 2. The van der Waals surface area contributed by atoms with Crippen LogP contribution in [0.2, 0.25) is 0 Å². The molecule has 1 saturated carbocycles. The number of ether oxygens (including phenoxy) is 4. The molecular weight excluding hydrogens is 1070 g/mol. The molecule has 0 radical (unpaired) electrons. The Morgan fingerprint density at radius 2 is 0.494 bits per heavy atom. The second kappa shape index (κ2) is 63.2. The standard InChI is InChI=1S/C81H162O6/c1-70(2)43-37-45-72(5)47-39-49-74(7)51-41-53-76(9)59-63-86-80(66-82)68-84-61-35-31-27-23-19-15-11-13-17-21-25-29-33-55-78-57-58-79(65-78)56-34-30-26-22-18-14-12-16-20-24-28-32-36-62-85-69-81(67-83)87-64-60-77(10)54-42-52-75(8)50-40-48-73(6)46-38-44-71(3)4/h70-83H,11-69H2,1-10H3/t72-,73-,74-,75-,76-,77-,78+,79+,80?,81?/m1/s1. The van der Waals surface area contributed by atoms with E-state index in [4.69, 9.17) is 18.9 Å². The SMILES string of the molecule is CC(C)CCC[C@@H](C)CCC[C@@H](C)CCC[C@@H](C)CCOC(CO)COCCCCCCCCCCCCCCC[C@H]1CC[C@H](CCCCCCCCCCCCCCCOCC(CO)OCC[C@H](C)CCC[C@H](C)CCC[C@H](C)CCCC(C)C)C1. The van der Waals surface area contributed by atoms with Crippen LogP contribution in [0.4, 0.5) is 0 Å². The molecule has 0 aromatic rings. The van der Waals surface area contributed by atoms with Gasteiger partial charge in [-0.2, -0.15) is 0 Å². The molecule has 0 amide bonds. The van der Waals surface area contributed by atoms with Gasteiger partial charge in [-0.15, -0.1) is 0 Å². The summed E-state index contributed by atoms with van der Waals surface area (Å²) in [5.74, 6) is 8.61. The van der Waals surface area contributed by atoms with E-state index in [-0.39, 0.29) is 25.4 Å². The Morgan fingerprint density at radius 3 is 0.747 bits per heavy atom. The van der Waals surface area contributed by atoms with Crippen LogP contribution in [0.5, 0.6) is 0 Å². The van der Waals surface area contributed by atoms with E-state index >= 15 is 0 Å². The molecule has 0 bridgehead atoms. The maximum atomic E-state index is 9.84. The first-order valence-electron chi connectivity index (χ1n) is 39.9. The predicted molar refractivity (Wildman–Crippen MR) is 382 cm³/mol. The molecule has 6 nitrogen and oxygen atoms in total. The van der Waals surface area contributed by atoms with Gasteiger partial charge in [0, 0.05) is 26.4 Å².